The maximum Gasteiger partial charge on any atom is 0.326 e. The third kappa shape index (κ3) is 4.01. The molecule has 1 saturated heterocycles. The summed E-state index contributed by atoms with van der Waals surface area (Å²) in [6.07, 6.45) is -2.59. The van der Waals surface area contributed by atoms with Gasteiger partial charge in [-0.2, -0.15) is 0 Å². The maximum absolute atomic E-state index is 12.6. The summed E-state index contributed by atoms with van der Waals surface area (Å²) in [6, 6.07) is 1.94. The Morgan fingerprint density at radius 2 is 1.96 bits per heavy atom. The number of halogens is 2. The van der Waals surface area contributed by atoms with Crippen LogP contribution in [0, 0.1) is 0 Å². The topological polar surface area (TPSA) is 113 Å². The van der Waals surface area contributed by atoms with Gasteiger partial charge in [0.15, 0.2) is 0 Å². The van der Waals surface area contributed by atoms with E-state index in [0.717, 1.165) is 17.7 Å². The van der Waals surface area contributed by atoms with Gasteiger partial charge in [-0.1, -0.05) is 0 Å². The fourth-order valence-electron chi connectivity index (χ4n) is 3.23. The van der Waals surface area contributed by atoms with Crippen LogP contribution >= 0.6 is 0 Å². The highest BCUT2D eigenvalue weighted by molar-refractivity contribution is 6.22. The molecule has 3 amide bonds. The molecule has 1 aromatic carbocycles. The maximum atomic E-state index is 12.6. The van der Waals surface area contributed by atoms with Gasteiger partial charge in [-0.25, -0.2) is 13.6 Å². The number of nitrogens with zero attached hydrogens (tertiary/aromatic N) is 1. The van der Waals surface area contributed by atoms with E-state index in [2.05, 4.69) is 0 Å². The molecule has 150 valence electrons. The van der Waals surface area contributed by atoms with Crippen LogP contribution in [0.5, 0.6) is 0 Å². The first-order valence-electron chi connectivity index (χ1n) is 8.71. The number of fused-ring (bicyclic) bond motifs is 1. The van der Waals surface area contributed by atoms with E-state index in [-0.39, 0.29) is 29.3 Å². The number of benzene rings is 1. The summed E-state index contributed by atoms with van der Waals surface area (Å²) in [5.74, 6) is -3.59. The second-order valence-corrected chi connectivity index (χ2v) is 6.61. The largest absolute Gasteiger partial charge is 0.480 e. The molecule has 3 rings (SSSR count). The van der Waals surface area contributed by atoms with Crippen LogP contribution < -0.4 is 5.32 Å². The fraction of sp³-hybridized carbons (Fsp3) is 0.444. The number of alkyl halides is 2. The van der Waals surface area contributed by atoms with Gasteiger partial charge in [0, 0.05) is 18.6 Å². The van der Waals surface area contributed by atoms with Gasteiger partial charge in [-0.05, 0) is 31.0 Å². The lowest BCUT2D eigenvalue weighted by atomic mass is 10.0. The molecule has 0 aromatic heterocycles. The molecule has 2 atom stereocenters. The summed E-state index contributed by atoms with van der Waals surface area (Å²) in [4.78, 5) is 49.3. The van der Waals surface area contributed by atoms with Crippen molar-refractivity contribution < 1.29 is 37.8 Å². The molecule has 0 aliphatic carbocycles. The molecule has 28 heavy (non-hydrogen) atoms. The lowest BCUT2D eigenvalue weighted by molar-refractivity contribution is -0.140. The van der Waals surface area contributed by atoms with Gasteiger partial charge < -0.3 is 15.2 Å². The summed E-state index contributed by atoms with van der Waals surface area (Å²) in [5, 5.41) is 11.0. The van der Waals surface area contributed by atoms with E-state index in [9.17, 15) is 28.0 Å². The van der Waals surface area contributed by atoms with E-state index in [1.165, 1.54) is 18.2 Å². The van der Waals surface area contributed by atoms with E-state index in [0.29, 0.717) is 6.61 Å². The van der Waals surface area contributed by atoms with Crippen molar-refractivity contribution in [2.24, 2.45) is 0 Å². The van der Waals surface area contributed by atoms with Crippen LogP contribution in [0.15, 0.2) is 18.2 Å². The Labute approximate surface area is 158 Å². The minimum absolute atomic E-state index is 0.0105. The molecule has 8 nitrogen and oxygen atoms in total. The third-order valence-electron chi connectivity index (χ3n) is 4.66. The Morgan fingerprint density at radius 1 is 1.25 bits per heavy atom. The highest BCUT2D eigenvalue weighted by Crippen LogP contribution is 2.26. The minimum atomic E-state index is -2.91. The Bertz CT molecular complexity index is 822. The summed E-state index contributed by atoms with van der Waals surface area (Å²) >= 11 is 0. The number of carbonyl (C=O) groups is 4. The number of carboxylic acids is 1. The van der Waals surface area contributed by atoms with Crippen LogP contribution in [0.2, 0.25) is 0 Å². The Kier molecular flexibility index (Phi) is 5.68. The zero-order valence-corrected chi connectivity index (χ0v) is 14.7. The second kappa shape index (κ2) is 8.01. The number of ether oxygens (including phenoxy) is 1. The number of nitrogens with one attached hydrogen (secondary N) is 1. The highest BCUT2D eigenvalue weighted by Gasteiger charge is 2.38. The number of carboxylic acid groups (broad SMARTS) is 1. The van der Waals surface area contributed by atoms with Gasteiger partial charge >= 0.3 is 5.97 Å². The molecule has 0 radical (unpaired) electrons. The molecule has 2 heterocycles. The molecule has 0 bridgehead atoms. The van der Waals surface area contributed by atoms with E-state index >= 15 is 0 Å². The molecule has 0 spiro atoms. The summed E-state index contributed by atoms with van der Waals surface area (Å²) in [5.41, 5.74) is 0.0395. The summed E-state index contributed by atoms with van der Waals surface area (Å²) in [6.45, 7) is 0.685. The minimum Gasteiger partial charge on any atom is -0.480 e. The molecule has 0 saturated carbocycles. The summed E-state index contributed by atoms with van der Waals surface area (Å²) < 4.78 is 30.4. The van der Waals surface area contributed by atoms with E-state index in [1.54, 1.807) is 0 Å². The molecule has 1 fully saturated rings. The second-order valence-electron chi connectivity index (χ2n) is 6.61. The van der Waals surface area contributed by atoms with Crippen molar-refractivity contribution >= 4 is 23.7 Å². The van der Waals surface area contributed by atoms with Crippen LogP contribution in [0.25, 0.3) is 0 Å². The van der Waals surface area contributed by atoms with Gasteiger partial charge in [0.25, 0.3) is 17.7 Å². The molecule has 2 aliphatic heterocycles. The van der Waals surface area contributed by atoms with E-state index in [1.807, 2.05) is 5.32 Å². The van der Waals surface area contributed by atoms with Crippen molar-refractivity contribution in [2.75, 3.05) is 13.2 Å². The number of hydrogen-bond donors (Lipinski definition) is 2. The lowest BCUT2D eigenvalue weighted by Crippen LogP contribution is -2.42. The average molecular weight is 396 g/mol. The van der Waals surface area contributed by atoms with Gasteiger partial charge in [0.1, 0.15) is 6.04 Å². The lowest BCUT2D eigenvalue weighted by Gasteiger charge is -2.17. The van der Waals surface area contributed by atoms with Crippen LogP contribution in [-0.2, 0) is 9.53 Å². The number of rotatable bonds is 7. The number of hydrogen-bond acceptors (Lipinski definition) is 5. The molecule has 2 unspecified atom stereocenters. The molecular formula is C18H18F2N2O6. The van der Waals surface area contributed by atoms with Crippen LogP contribution in [-0.4, -0.2) is 65.4 Å². The first kappa shape index (κ1) is 19.9. The van der Waals surface area contributed by atoms with E-state index in [4.69, 9.17) is 9.84 Å². The third-order valence-corrected chi connectivity index (χ3v) is 4.66. The SMILES string of the molecule is O=C(NC(CC(F)F)C(=O)O)c1ccc2c(c1)C(=O)N(CC1CCCO1)C2=O. The first-order chi connectivity index (χ1) is 13.3. The molecular weight excluding hydrogens is 378 g/mol. The van der Waals surface area contributed by atoms with Crippen molar-refractivity contribution in [3.8, 4) is 0 Å². The van der Waals surface area contributed by atoms with Crippen LogP contribution in [0.3, 0.4) is 0 Å². The zero-order valence-electron chi connectivity index (χ0n) is 14.7. The van der Waals surface area contributed by atoms with Gasteiger partial charge in [0.2, 0.25) is 6.43 Å². The van der Waals surface area contributed by atoms with Gasteiger partial charge in [-0.3, -0.25) is 19.3 Å². The molecule has 2 aliphatic rings. The van der Waals surface area contributed by atoms with Crippen molar-refractivity contribution in [3.05, 3.63) is 34.9 Å². The number of aliphatic carboxylic acids is 1. The molecule has 1 aromatic rings. The average Bonchev–Trinajstić information content (AvgIpc) is 3.23. The number of amides is 3. The quantitative estimate of drug-likeness (QED) is 0.672. The van der Waals surface area contributed by atoms with Crippen molar-refractivity contribution in [3.63, 3.8) is 0 Å². The van der Waals surface area contributed by atoms with E-state index < -0.39 is 42.6 Å². The van der Waals surface area contributed by atoms with Crippen molar-refractivity contribution in [1.29, 1.82) is 0 Å². The normalized spacial score (nSPS) is 19.8. The van der Waals surface area contributed by atoms with Crippen LogP contribution in [0.4, 0.5) is 8.78 Å². The zero-order chi connectivity index (χ0) is 20.4. The fourth-order valence-corrected chi connectivity index (χ4v) is 3.23. The van der Waals surface area contributed by atoms with Gasteiger partial charge in [0.05, 0.1) is 23.8 Å². The summed E-state index contributed by atoms with van der Waals surface area (Å²) in [7, 11) is 0. The van der Waals surface area contributed by atoms with Crippen molar-refractivity contribution in [2.45, 2.75) is 37.8 Å². The Balaban J connectivity index is 1.76. The number of imide groups is 1. The molecule has 2 N–H and O–H groups in total. The van der Waals surface area contributed by atoms with Gasteiger partial charge in [-0.15, -0.1) is 0 Å². The van der Waals surface area contributed by atoms with Crippen molar-refractivity contribution in [1.82, 2.24) is 10.2 Å². The standard InChI is InChI=1S/C18H18F2N2O6/c19-14(20)7-13(18(26)27)21-15(23)9-3-4-11-12(6-9)17(25)22(16(11)24)8-10-2-1-5-28-10/h3-4,6,10,13-14H,1-2,5,7-8H2,(H,21,23)(H,26,27). The Hall–Kier alpha value is -2.88. The smallest absolute Gasteiger partial charge is 0.326 e. The monoisotopic (exact) mass is 396 g/mol. The predicted molar refractivity (Wildman–Crippen MR) is 90.3 cm³/mol. The highest BCUT2D eigenvalue weighted by atomic mass is 19.3. The van der Waals surface area contributed by atoms with Crippen LogP contribution in [0.1, 0.15) is 50.3 Å². The molecule has 10 heteroatoms. The predicted octanol–water partition coefficient (Wildman–Crippen LogP) is 1.30. The Morgan fingerprint density at radius 3 is 2.57 bits per heavy atom. The number of carbonyl (C=O) groups excluding carboxylic acids is 3. The first-order valence-corrected chi connectivity index (χ1v) is 8.71.